The van der Waals surface area contributed by atoms with Crippen molar-refractivity contribution in [3.05, 3.63) is 29.3 Å². The third kappa shape index (κ3) is 2.58. The second kappa shape index (κ2) is 5.39. The average Bonchev–Trinajstić information content (AvgIpc) is 2.73. The molecular weight excluding hydrogens is 220 g/mol. The number of rotatable bonds is 5. The van der Waals surface area contributed by atoms with Gasteiger partial charge in [0.1, 0.15) is 0 Å². The Morgan fingerprint density at radius 1 is 1.38 bits per heavy atom. The van der Waals surface area contributed by atoms with Gasteiger partial charge < -0.3 is 10.8 Å². The van der Waals surface area contributed by atoms with E-state index < -0.39 is 0 Å². The number of nitrogens with two attached hydrogens (primary N) is 1. The number of fused-ring (bicyclic) bond motifs is 1. The predicted octanol–water partition coefficient (Wildman–Crippen LogP) is 1.80. The highest BCUT2D eigenvalue weighted by atomic mass is 32.1. The molecule has 2 rings (SSSR count). The van der Waals surface area contributed by atoms with E-state index in [2.05, 4.69) is 11.1 Å². The van der Waals surface area contributed by atoms with Crippen LogP contribution in [-0.4, -0.2) is 23.2 Å². The molecule has 4 heteroatoms. The van der Waals surface area contributed by atoms with Crippen LogP contribution in [0.25, 0.3) is 10.2 Å². The second-order valence-electron chi connectivity index (χ2n) is 3.90. The maximum atomic E-state index is 9.05. The molecule has 0 fully saturated rings. The number of benzene rings is 1. The molecule has 1 aromatic heterocycles. The number of aryl methyl sites for hydroxylation is 1. The van der Waals surface area contributed by atoms with E-state index in [-0.39, 0.29) is 12.5 Å². The van der Waals surface area contributed by atoms with E-state index in [1.165, 1.54) is 4.70 Å². The van der Waals surface area contributed by atoms with Crippen LogP contribution in [0.3, 0.4) is 0 Å². The number of aromatic nitrogens is 1. The van der Waals surface area contributed by atoms with Gasteiger partial charge in [-0.05, 0) is 37.4 Å². The van der Waals surface area contributed by atoms with Crippen molar-refractivity contribution in [3.63, 3.8) is 0 Å². The van der Waals surface area contributed by atoms with Gasteiger partial charge in [0.2, 0.25) is 0 Å². The molecule has 0 saturated carbocycles. The third-order valence-electron chi connectivity index (χ3n) is 2.70. The van der Waals surface area contributed by atoms with Crippen molar-refractivity contribution >= 4 is 21.6 Å². The van der Waals surface area contributed by atoms with Gasteiger partial charge in [-0.2, -0.15) is 0 Å². The van der Waals surface area contributed by atoms with Crippen LogP contribution in [0, 0.1) is 5.92 Å². The summed E-state index contributed by atoms with van der Waals surface area (Å²) in [5.41, 5.74) is 6.61. The first kappa shape index (κ1) is 11.5. The Balaban J connectivity index is 2.04. The monoisotopic (exact) mass is 236 g/mol. The van der Waals surface area contributed by atoms with Gasteiger partial charge in [-0.25, -0.2) is 4.98 Å². The highest BCUT2D eigenvalue weighted by Crippen LogP contribution is 2.23. The SMILES string of the molecule is NCC(CO)CCc1nc2ccccc2s1. The van der Waals surface area contributed by atoms with E-state index in [0.29, 0.717) is 6.54 Å². The lowest BCUT2D eigenvalue weighted by molar-refractivity contribution is 0.223. The van der Waals surface area contributed by atoms with E-state index >= 15 is 0 Å². The van der Waals surface area contributed by atoms with Gasteiger partial charge in [0.15, 0.2) is 0 Å². The Bertz CT molecular complexity index is 418. The standard InChI is InChI=1S/C12H16N2OS/c13-7-9(8-15)5-6-12-14-10-3-1-2-4-11(10)16-12/h1-4,9,15H,5-8,13H2. The first-order valence-electron chi connectivity index (χ1n) is 5.49. The van der Waals surface area contributed by atoms with Crippen molar-refractivity contribution in [2.45, 2.75) is 12.8 Å². The molecule has 16 heavy (non-hydrogen) atoms. The molecule has 2 aromatic rings. The lowest BCUT2D eigenvalue weighted by Gasteiger charge is -2.08. The summed E-state index contributed by atoms with van der Waals surface area (Å²) in [5, 5.41) is 10.2. The summed E-state index contributed by atoms with van der Waals surface area (Å²) in [6.45, 7) is 0.711. The predicted molar refractivity (Wildman–Crippen MR) is 67.6 cm³/mol. The number of thiazole rings is 1. The van der Waals surface area contributed by atoms with Crippen LogP contribution >= 0.6 is 11.3 Å². The lowest BCUT2D eigenvalue weighted by atomic mass is 10.1. The zero-order valence-corrected chi connectivity index (χ0v) is 9.91. The van der Waals surface area contributed by atoms with Crippen molar-refractivity contribution in [1.29, 1.82) is 0 Å². The van der Waals surface area contributed by atoms with Crippen molar-refractivity contribution in [2.75, 3.05) is 13.2 Å². The van der Waals surface area contributed by atoms with E-state index in [1.54, 1.807) is 11.3 Å². The average molecular weight is 236 g/mol. The van der Waals surface area contributed by atoms with Gasteiger partial charge in [-0.3, -0.25) is 0 Å². The van der Waals surface area contributed by atoms with Gasteiger partial charge in [0, 0.05) is 6.61 Å². The maximum Gasteiger partial charge on any atom is 0.0938 e. The molecule has 3 N–H and O–H groups in total. The Kier molecular flexibility index (Phi) is 3.88. The molecule has 1 heterocycles. The normalized spacial score (nSPS) is 13.1. The minimum absolute atomic E-state index is 0.168. The molecule has 0 aliphatic carbocycles. The number of aliphatic hydroxyl groups is 1. The molecule has 0 aliphatic heterocycles. The largest absolute Gasteiger partial charge is 0.396 e. The molecule has 0 saturated heterocycles. The zero-order chi connectivity index (χ0) is 11.4. The van der Waals surface area contributed by atoms with E-state index in [0.717, 1.165) is 23.4 Å². The highest BCUT2D eigenvalue weighted by Gasteiger charge is 2.08. The zero-order valence-electron chi connectivity index (χ0n) is 9.10. The van der Waals surface area contributed by atoms with E-state index in [4.69, 9.17) is 10.8 Å². The minimum atomic E-state index is 0.168. The fourth-order valence-electron chi connectivity index (χ4n) is 1.64. The summed E-state index contributed by atoms with van der Waals surface area (Å²) in [5.74, 6) is 0.201. The van der Waals surface area contributed by atoms with E-state index in [9.17, 15) is 0 Å². The molecular formula is C12H16N2OS. The van der Waals surface area contributed by atoms with Crippen molar-refractivity contribution in [3.8, 4) is 0 Å². The second-order valence-corrected chi connectivity index (χ2v) is 5.01. The molecule has 0 spiro atoms. The molecule has 0 aliphatic rings. The van der Waals surface area contributed by atoms with Crippen LogP contribution in [0.2, 0.25) is 0 Å². The third-order valence-corrected chi connectivity index (χ3v) is 3.79. The van der Waals surface area contributed by atoms with E-state index in [1.807, 2.05) is 18.2 Å². The van der Waals surface area contributed by atoms with Gasteiger partial charge in [-0.15, -0.1) is 11.3 Å². The molecule has 0 amide bonds. The van der Waals surface area contributed by atoms with Gasteiger partial charge >= 0.3 is 0 Å². The number of nitrogens with zero attached hydrogens (tertiary/aromatic N) is 1. The molecule has 1 atom stereocenters. The number of hydrogen-bond acceptors (Lipinski definition) is 4. The first-order valence-corrected chi connectivity index (χ1v) is 6.30. The topological polar surface area (TPSA) is 59.1 Å². The molecule has 0 radical (unpaired) electrons. The molecule has 86 valence electrons. The van der Waals surface area contributed by atoms with Crippen LogP contribution in [0.5, 0.6) is 0 Å². The van der Waals surface area contributed by atoms with Crippen LogP contribution in [0.4, 0.5) is 0 Å². The minimum Gasteiger partial charge on any atom is -0.396 e. The van der Waals surface area contributed by atoms with Gasteiger partial charge in [0.25, 0.3) is 0 Å². The Labute approximate surface area is 98.9 Å². The first-order chi connectivity index (χ1) is 7.83. The Morgan fingerprint density at radius 3 is 2.88 bits per heavy atom. The molecule has 0 bridgehead atoms. The summed E-state index contributed by atoms with van der Waals surface area (Å²) in [6.07, 6.45) is 1.81. The summed E-state index contributed by atoms with van der Waals surface area (Å²) in [6, 6.07) is 8.15. The summed E-state index contributed by atoms with van der Waals surface area (Å²) in [4.78, 5) is 4.55. The van der Waals surface area contributed by atoms with Crippen LogP contribution in [-0.2, 0) is 6.42 Å². The van der Waals surface area contributed by atoms with Crippen LogP contribution < -0.4 is 5.73 Å². The van der Waals surface area contributed by atoms with Crippen molar-refractivity contribution < 1.29 is 5.11 Å². The Morgan fingerprint density at radius 2 is 2.19 bits per heavy atom. The quantitative estimate of drug-likeness (QED) is 0.832. The van der Waals surface area contributed by atoms with Crippen molar-refractivity contribution in [1.82, 2.24) is 4.98 Å². The molecule has 3 nitrogen and oxygen atoms in total. The maximum absolute atomic E-state index is 9.05. The smallest absolute Gasteiger partial charge is 0.0938 e. The lowest BCUT2D eigenvalue weighted by Crippen LogP contribution is -2.18. The summed E-state index contributed by atoms with van der Waals surface area (Å²) in [7, 11) is 0. The number of para-hydroxylation sites is 1. The van der Waals surface area contributed by atoms with Crippen LogP contribution in [0.15, 0.2) is 24.3 Å². The number of aliphatic hydroxyl groups excluding tert-OH is 1. The summed E-state index contributed by atoms with van der Waals surface area (Å²) >= 11 is 1.73. The van der Waals surface area contributed by atoms with Crippen LogP contribution in [0.1, 0.15) is 11.4 Å². The fourth-order valence-corrected chi connectivity index (χ4v) is 2.62. The van der Waals surface area contributed by atoms with Gasteiger partial charge in [-0.1, -0.05) is 12.1 Å². The number of hydrogen-bond donors (Lipinski definition) is 2. The highest BCUT2D eigenvalue weighted by molar-refractivity contribution is 7.18. The van der Waals surface area contributed by atoms with Gasteiger partial charge in [0.05, 0.1) is 15.2 Å². The van der Waals surface area contributed by atoms with Crippen molar-refractivity contribution in [2.24, 2.45) is 11.7 Å². The summed E-state index contributed by atoms with van der Waals surface area (Å²) < 4.78 is 1.23. The Hall–Kier alpha value is -0.970. The molecule has 1 aromatic carbocycles. The fraction of sp³-hybridized carbons (Fsp3) is 0.417. The molecule has 1 unspecified atom stereocenters.